The van der Waals surface area contributed by atoms with Crippen molar-refractivity contribution < 1.29 is 9.18 Å². The number of hydrogen-bond donors (Lipinski definition) is 0. The first-order valence-corrected chi connectivity index (χ1v) is 6.71. The van der Waals surface area contributed by atoms with Crippen molar-refractivity contribution in [3.63, 3.8) is 0 Å². The van der Waals surface area contributed by atoms with Gasteiger partial charge in [-0.25, -0.2) is 4.39 Å². The minimum absolute atomic E-state index is 0.104. The molecule has 0 radical (unpaired) electrons. The van der Waals surface area contributed by atoms with Crippen molar-refractivity contribution in [3.05, 3.63) is 29.6 Å². The predicted molar refractivity (Wildman–Crippen MR) is 75.3 cm³/mol. The largest absolute Gasteiger partial charge is 0.369 e. The summed E-state index contributed by atoms with van der Waals surface area (Å²) in [7, 11) is 4.04. The monoisotopic (exact) mass is 264 g/mol. The maximum atomic E-state index is 14.1. The molecule has 3 nitrogen and oxygen atoms in total. The first kappa shape index (κ1) is 14.0. The number of anilines is 1. The number of rotatable bonds is 3. The Morgan fingerprint density at radius 1 is 1.37 bits per heavy atom. The van der Waals surface area contributed by atoms with Crippen LogP contribution in [0.15, 0.2) is 18.2 Å². The van der Waals surface area contributed by atoms with Gasteiger partial charge in [0.15, 0.2) is 5.78 Å². The molecule has 0 amide bonds. The van der Waals surface area contributed by atoms with Gasteiger partial charge in [0, 0.05) is 18.7 Å². The van der Waals surface area contributed by atoms with Gasteiger partial charge in [0.05, 0.1) is 5.69 Å². The molecule has 1 heterocycles. The van der Waals surface area contributed by atoms with Gasteiger partial charge in [0.1, 0.15) is 5.82 Å². The average Bonchev–Trinajstić information content (AvgIpc) is 2.38. The van der Waals surface area contributed by atoms with Crippen molar-refractivity contribution in [1.29, 1.82) is 0 Å². The second-order valence-electron chi connectivity index (χ2n) is 5.37. The van der Waals surface area contributed by atoms with Crippen molar-refractivity contribution >= 4 is 11.5 Å². The number of benzene rings is 1. The number of Topliss-reactive ketones (excluding diaryl/α,β-unsaturated/α-hetero) is 1. The number of halogens is 1. The predicted octanol–water partition coefficient (Wildman–Crippen LogP) is 2.56. The third-order valence-corrected chi connectivity index (χ3v) is 3.97. The van der Waals surface area contributed by atoms with Crippen molar-refractivity contribution in [3.8, 4) is 0 Å². The molecule has 0 spiro atoms. The summed E-state index contributed by atoms with van der Waals surface area (Å²) in [6.07, 6.45) is 2.09. The molecule has 0 bridgehead atoms. The lowest BCUT2D eigenvalue weighted by Gasteiger charge is -2.36. The Kier molecular flexibility index (Phi) is 4.20. The minimum atomic E-state index is -0.311. The van der Waals surface area contributed by atoms with E-state index in [1.807, 2.05) is 11.9 Å². The van der Waals surface area contributed by atoms with Crippen LogP contribution < -0.4 is 4.90 Å². The van der Waals surface area contributed by atoms with Crippen LogP contribution in [-0.4, -0.2) is 43.9 Å². The van der Waals surface area contributed by atoms with Crippen LogP contribution in [0.25, 0.3) is 0 Å². The standard InChI is InChI=1S/C15H21FN2O/c1-11(19)12-4-5-15(14(16)10-12)18(3)13-6-8-17(2)9-7-13/h4-5,10,13H,6-9H2,1-3H3. The quantitative estimate of drug-likeness (QED) is 0.784. The summed E-state index contributed by atoms with van der Waals surface area (Å²) in [4.78, 5) is 15.5. The molecule has 0 aliphatic carbocycles. The van der Waals surface area contributed by atoms with Crippen molar-refractivity contribution in [1.82, 2.24) is 4.90 Å². The second kappa shape index (κ2) is 5.70. The maximum absolute atomic E-state index is 14.1. The Balaban J connectivity index is 2.15. The van der Waals surface area contributed by atoms with Crippen LogP contribution in [0.1, 0.15) is 30.1 Å². The Morgan fingerprint density at radius 2 is 2.00 bits per heavy atom. The highest BCUT2D eigenvalue weighted by atomic mass is 19.1. The molecular weight excluding hydrogens is 243 g/mol. The van der Waals surface area contributed by atoms with Gasteiger partial charge in [-0.05, 0) is 58.1 Å². The zero-order valence-electron chi connectivity index (χ0n) is 11.8. The molecule has 1 aromatic carbocycles. The average molecular weight is 264 g/mol. The number of carbonyl (C=O) groups is 1. The van der Waals surface area contributed by atoms with Crippen LogP contribution in [-0.2, 0) is 0 Å². The minimum Gasteiger partial charge on any atom is -0.369 e. The van der Waals surface area contributed by atoms with Crippen LogP contribution in [0.4, 0.5) is 10.1 Å². The first-order valence-electron chi connectivity index (χ1n) is 6.71. The first-order chi connectivity index (χ1) is 8.99. The summed E-state index contributed by atoms with van der Waals surface area (Å²) in [5, 5.41) is 0. The summed E-state index contributed by atoms with van der Waals surface area (Å²) in [5.41, 5.74) is 1.01. The van der Waals surface area contributed by atoms with Crippen LogP contribution in [0, 0.1) is 5.82 Å². The van der Waals surface area contributed by atoms with E-state index in [1.165, 1.54) is 13.0 Å². The fraction of sp³-hybridized carbons (Fsp3) is 0.533. The number of nitrogens with zero attached hydrogens (tertiary/aromatic N) is 2. The van der Waals surface area contributed by atoms with E-state index >= 15 is 0 Å². The van der Waals surface area contributed by atoms with E-state index in [0.29, 0.717) is 17.3 Å². The topological polar surface area (TPSA) is 23.6 Å². The number of carbonyl (C=O) groups excluding carboxylic acids is 1. The van der Waals surface area contributed by atoms with Crippen LogP contribution in [0.5, 0.6) is 0 Å². The molecule has 104 valence electrons. The lowest BCUT2D eigenvalue weighted by Crippen LogP contribution is -2.42. The lowest BCUT2D eigenvalue weighted by atomic mass is 10.0. The van der Waals surface area contributed by atoms with Gasteiger partial charge >= 0.3 is 0 Å². The van der Waals surface area contributed by atoms with Crippen molar-refractivity contribution in [2.75, 3.05) is 32.1 Å². The molecule has 1 aromatic rings. The zero-order chi connectivity index (χ0) is 14.0. The molecule has 0 unspecified atom stereocenters. The van der Waals surface area contributed by atoms with Crippen molar-refractivity contribution in [2.24, 2.45) is 0 Å². The molecule has 2 rings (SSSR count). The third-order valence-electron chi connectivity index (χ3n) is 3.97. The van der Waals surface area contributed by atoms with E-state index in [4.69, 9.17) is 0 Å². The van der Waals surface area contributed by atoms with Crippen LogP contribution in [0.2, 0.25) is 0 Å². The van der Waals surface area contributed by atoms with E-state index in [1.54, 1.807) is 12.1 Å². The maximum Gasteiger partial charge on any atom is 0.159 e. The van der Waals surface area contributed by atoms with E-state index in [0.717, 1.165) is 25.9 Å². The molecule has 0 N–H and O–H groups in total. The Morgan fingerprint density at radius 3 is 2.53 bits per heavy atom. The molecule has 19 heavy (non-hydrogen) atoms. The Bertz CT molecular complexity index is 467. The molecule has 1 aliphatic rings. The van der Waals surface area contributed by atoms with Gasteiger partial charge in [0.25, 0.3) is 0 Å². The Labute approximate surface area is 114 Å². The molecule has 1 aliphatic heterocycles. The fourth-order valence-corrected chi connectivity index (χ4v) is 2.59. The number of ketones is 1. The molecular formula is C15H21FN2O. The van der Waals surface area contributed by atoms with E-state index in [2.05, 4.69) is 11.9 Å². The third kappa shape index (κ3) is 3.13. The summed E-state index contributed by atoms with van der Waals surface area (Å²) in [6.45, 7) is 3.54. The number of hydrogen-bond acceptors (Lipinski definition) is 3. The molecule has 1 saturated heterocycles. The van der Waals surface area contributed by atoms with E-state index < -0.39 is 0 Å². The van der Waals surface area contributed by atoms with Gasteiger partial charge in [0.2, 0.25) is 0 Å². The zero-order valence-corrected chi connectivity index (χ0v) is 11.8. The summed E-state index contributed by atoms with van der Waals surface area (Å²) in [6, 6.07) is 5.12. The van der Waals surface area contributed by atoms with Gasteiger partial charge in [-0.3, -0.25) is 4.79 Å². The fourth-order valence-electron chi connectivity index (χ4n) is 2.59. The molecule has 1 fully saturated rings. The molecule has 0 saturated carbocycles. The highest BCUT2D eigenvalue weighted by Crippen LogP contribution is 2.25. The normalized spacial score (nSPS) is 17.5. The number of piperidine rings is 1. The van der Waals surface area contributed by atoms with E-state index in [9.17, 15) is 9.18 Å². The number of likely N-dealkylation sites (tertiary alicyclic amines) is 1. The molecule has 0 atom stereocenters. The summed E-state index contributed by atoms with van der Waals surface area (Å²) < 4.78 is 14.1. The van der Waals surface area contributed by atoms with Gasteiger partial charge in [-0.2, -0.15) is 0 Å². The lowest BCUT2D eigenvalue weighted by molar-refractivity contribution is 0.101. The highest BCUT2D eigenvalue weighted by molar-refractivity contribution is 5.94. The summed E-state index contributed by atoms with van der Waals surface area (Å²) in [5.74, 6) is -0.415. The highest BCUT2D eigenvalue weighted by Gasteiger charge is 2.22. The van der Waals surface area contributed by atoms with Gasteiger partial charge in [-0.1, -0.05) is 0 Å². The SMILES string of the molecule is CC(=O)c1ccc(N(C)C2CCN(C)CC2)c(F)c1. The van der Waals surface area contributed by atoms with Crippen LogP contribution in [0.3, 0.4) is 0 Å². The van der Waals surface area contributed by atoms with Gasteiger partial charge < -0.3 is 9.80 Å². The van der Waals surface area contributed by atoms with Crippen LogP contribution >= 0.6 is 0 Å². The molecule has 0 aromatic heterocycles. The van der Waals surface area contributed by atoms with E-state index in [-0.39, 0.29) is 11.6 Å². The summed E-state index contributed by atoms with van der Waals surface area (Å²) >= 11 is 0. The molecule has 4 heteroatoms. The Hall–Kier alpha value is -1.42. The van der Waals surface area contributed by atoms with Gasteiger partial charge in [-0.15, -0.1) is 0 Å². The second-order valence-corrected chi connectivity index (χ2v) is 5.37. The smallest absolute Gasteiger partial charge is 0.159 e. The van der Waals surface area contributed by atoms with Crippen molar-refractivity contribution in [2.45, 2.75) is 25.8 Å².